The molecule has 41 heavy (non-hydrogen) atoms. The second-order valence-electron chi connectivity index (χ2n) is 8.19. The first kappa shape index (κ1) is 35.8. The molecule has 222 valence electrons. The number of hydrogen-bond donors (Lipinski definition) is 3. The summed E-state index contributed by atoms with van der Waals surface area (Å²) in [6.07, 6.45) is -3.79. The van der Waals surface area contributed by atoms with Crippen LogP contribution in [0.2, 0.25) is 0 Å². The molecule has 3 aromatic carbocycles. The molecule has 0 aliphatic carbocycles. The Kier molecular flexibility index (Phi) is 17.2. The molecule has 0 saturated carbocycles. The third-order valence-corrected chi connectivity index (χ3v) is 5.51. The highest BCUT2D eigenvalue weighted by Crippen LogP contribution is 2.34. The summed E-state index contributed by atoms with van der Waals surface area (Å²) in [5.41, 5.74) is 1.62. The van der Waals surface area contributed by atoms with Crippen LogP contribution in [0.3, 0.4) is 0 Å². The monoisotopic (exact) mass is 631 g/mol. The van der Waals surface area contributed by atoms with E-state index in [1.54, 1.807) is 0 Å². The summed E-state index contributed by atoms with van der Waals surface area (Å²) >= 11 is 16.2. The minimum absolute atomic E-state index is 0.0201. The van der Waals surface area contributed by atoms with Crippen LogP contribution in [-0.2, 0) is 20.6 Å². The molecule has 3 amide bonds. The van der Waals surface area contributed by atoms with Crippen LogP contribution < -0.4 is 16.0 Å². The Hall–Kier alpha value is -3.27. The topological polar surface area (TPSA) is 87.3 Å². The third kappa shape index (κ3) is 15.3. The fourth-order valence-corrected chi connectivity index (χ4v) is 3.50. The second kappa shape index (κ2) is 19.7. The Morgan fingerprint density at radius 2 is 1.02 bits per heavy atom. The zero-order chi connectivity index (χ0) is 30.7. The molecule has 0 heterocycles. The van der Waals surface area contributed by atoms with Crippen molar-refractivity contribution < 1.29 is 27.6 Å². The van der Waals surface area contributed by atoms with Crippen LogP contribution in [-0.4, -0.2) is 35.4 Å². The Balaban J connectivity index is 0.000000311. The predicted molar refractivity (Wildman–Crippen MR) is 161 cm³/mol. The average Bonchev–Trinajstić information content (AvgIpc) is 2.91. The van der Waals surface area contributed by atoms with E-state index in [9.17, 15) is 27.6 Å². The van der Waals surface area contributed by atoms with Gasteiger partial charge in [0.1, 0.15) is 0 Å². The number of anilines is 3. The molecule has 0 saturated heterocycles. The first-order valence-electron chi connectivity index (χ1n) is 12.4. The van der Waals surface area contributed by atoms with Crippen LogP contribution >= 0.6 is 34.8 Å². The number of halogens is 6. The second-order valence-corrected chi connectivity index (χ2v) is 9.32. The van der Waals surface area contributed by atoms with Gasteiger partial charge in [-0.05, 0) is 42.8 Å². The number of para-hydroxylation sites is 3. The molecule has 0 aliphatic heterocycles. The van der Waals surface area contributed by atoms with Gasteiger partial charge in [-0.3, -0.25) is 14.4 Å². The molecule has 0 aliphatic rings. The maximum absolute atomic E-state index is 12.5. The number of nitrogens with one attached hydrogen (secondary N) is 3. The van der Waals surface area contributed by atoms with Gasteiger partial charge >= 0.3 is 6.18 Å². The Labute approximate surface area is 252 Å². The highest BCUT2D eigenvalue weighted by Gasteiger charge is 2.33. The zero-order valence-electron chi connectivity index (χ0n) is 22.2. The summed E-state index contributed by atoms with van der Waals surface area (Å²) in [5.74, 6) is 0.170. The van der Waals surface area contributed by atoms with Crippen molar-refractivity contribution in [3.63, 3.8) is 0 Å². The Bertz CT molecular complexity index is 1230. The number of rotatable bonds is 9. The van der Waals surface area contributed by atoms with Gasteiger partial charge in [0.15, 0.2) is 0 Å². The number of amides is 3. The number of benzene rings is 3. The van der Waals surface area contributed by atoms with Crippen LogP contribution in [0.25, 0.3) is 0 Å². The molecular formula is C29H31Cl3F3N3O3. The maximum atomic E-state index is 12.5. The van der Waals surface area contributed by atoms with Crippen molar-refractivity contribution in [2.24, 2.45) is 0 Å². The maximum Gasteiger partial charge on any atom is 0.418 e. The van der Waals surface area contributed by atoms with Crippen LogP contribution in [0.1, 0.15) is 30.4 Å². The summed E-state index contributed by atoms with van der Waals surface area (Å²) in [5, 5.41) is 7.68. The zero-order valence-corrected chi connectivity index (χ0v) is 24.5. The van der Waals surface area contributed by atoms with E-state index in [1.165, 1.54) is 18.2 Å². The molecule has 3 N–H and O–H groups in total. The number of carbonyl (C=O) groups is 3. The molecule has 3 aromatic rings. The van der Waals surface area contributed by atoms with Crippen molar-refractivity contribution in [3.05, 3.63) is 90.0 Å². The number of hydrogen-bond acceptors (Lipinski definition) is 3. The van der Waals surface area contributed by atoms with Gasteiger partial charge in [-0.2, -0.15) is 13.2 Å². The number of carbonyl (C=O) groups excluding carboxylic acids is 3. The van der Waals surface area contributed by atoms with E-state index in [0.29, 0.717) is 24.6 Å². The van der Waals surface area contributed by atoms with Gasteiger partial charge in [-0.25, -0.2) is 0 Å². The lowest BCUT2D eigenvalue weighted by Gasteiger charge is -2.12. The fourth-order valence-electron chi connectivity index (χ4n) is 2.98. The molecule has 0 aromatic heterocycles. The molecule has 0 bridgehead atoms. The Morgan fingerprint density at radius 3 is 1.51 bits per heavy atom. The van der Waals surface area contributed by atoms with Crippen LogP contribution in [0.4, 0.5) is 30.2 Å². The van der Waals surface area contributed by atoms with Gasteiger partial charge in [-0.1, -0.05) is 48.5 Å². The molecule has 0 unspecified atom stereocenters. The fraction of sp³-hybridized carbons (Fsp3) is 0.276. The first-order chi connectivity index (χ1) is 19.5. The summed E-state index contributed by atoms with van der Waals surface area (Å²) in [6.45, 7) is 1.95. The third-order valence-electron chi connectivity index (χ3n) is 4.95. The van der Waals surface area contributed by atoms with Crippen molar-refractivity contribution in [1.82, 2.24) is 0 Å². The predicted octanol–water partition coefficient (Wildman–Crippen LogP) is 8.09. The van der Waals surface area contributed by atoms with Crippen LogP contribution in [0.15, 0.2) is 78.9 Å². The van der Waals surface area contributed by atoms with Gasteiger partial charge in [0.2, 0.25) is 17.7 Å². The first-order valence-corrected chi connectivity index (χ1v) is 14.0. The SMILES string of the molecule is Cc1ccccc1NC(=O)CCCl.O=C(CCCl)Nc1ccccc1.O=C(CCCl)Nc1ccccc1C(F)(F)F. The van der Waals surface area contributed by atoms with E-state index in [4.69, 9.17) is 34.8 Å². The summed E-state index contributed by atoms with van der Waals surface area (Å²) in [7, 11) is 0. The van der Waals surface area contributed by atoms with Crippen molar-refractivity contribution in [1.29, 1.82) is 0 Å². The molecule has 3 rings (SSSR count). The van der Waals surface area contributed by atoms with E-state index in [-0.39, 0.29) is 29.8 Å². The Morgan fingerprint density at radius 1 is 0.610 bits per heavy atom. The molecule has 0 radical (unpaired) electrons. The molecule has 6 nitrogen and oxygen atoms in total. The quantitative estimate of drug-likeness (QED) is 0.208. The number of alkyl halides is 6. The van der Waals surface area contributed by atoms with Crippen molar-refractivity contribution in [2.45, 2.75) is 32.4 Å². The van der Waals surface area contributed by atoms with Gasteiger partial charge in [0.05, 0.1) is 11.3 Å². The summed E-state index contributed by atoms with van der Waals surface area (Å²) in [6, 6.07) is 21.8. The van der Waals surface area contributed by atoms with Gasteiger partial charge in [0, 0.05) is 48.3 Å². The standard InChI is InChI=1S/C10H9ClF3NO.C10H12ClNO.C9H10ClNO/c11-6-5-9(16)15-8-4-2-1-3-7(8)10(12,13)14;1-8-4-2-3-5-9(8)12-10(13)6-7-11;10-7-6-9(12)11-8-4-2-1-3-5-8/h1-4H,5-6H2,(H,15,16);2-5H,6-7H2,1H3,(H,12,13);1-5H,6-7H2,(H,11,12). The number of aryl methyl sites for hydroxylation is 1. The van der Waals surface area contributed by atoms with Gasteiger partial charge in [0.25, 0.3) is 0 Å². The van der Waals surface area contributed by atoms with Crippen molar-refractivity contribution >= 4 is 69.6 Å². The van der Waals surface area contributed by atoms with E-state index < -0.39 is 17.6 Å². The summed E-state index contributed by atoms with van der Waals surface area (Å²) in [4.78, 5) is 33.3. The highest BCUT2D eigenvalue weighted by molar-refractivity contribution is 6.19. The van der Waals surface area contributed by atoms with E-state index >= 15 is 0 Å². The summed E-state index contributed by atoms with van der Waals surface area (Å²) < 4.78 is 37.5. The molecule has 0 spiro atoms. The lowest BCUT2D eigenvalue weighted by molar-refractivity contribution is -0.137. The smallest absolute Gasteiger partial charge is 0.326 e. The average molecular weight is 633 g/mol. The molecular weight excluding hydrogens is 602 g/mol. The molecule has 0 fully saturated rings. The normalized spacial score (nSPS) is 10.2. The van der Waals surface area contributed by atoms with E-state index in [2.05, 4.69) is 16.0 Å². The van der Waals surface area contributed by atoms with Gasteiger partial charge < -0.3 is 16.0 Å². The van der Waals surface area contributed by atoms with Gasteiger partial charge in [-0.15, -0.1) is 34.8 Å². The van der Waals surface area contributed by atoms with Crippen molar-refractivity contribution in [3.8, 4) is 0 Å². The van der Waals surface area contributed by atoms with Crippen LogP contribution in [0, 0.1) is 6.92 Å². The lowest BCUT2D eigenvalue weighted by Crippen LogP contribution is -2.16. The molecule has 0 atom stereocenters. The lowest BCUT2D eigenvalue weighted by atomic mass is 10.1. The minimum Gasteiger partial charge on any atom is -0.326 e. The molecule has 12 heteroatoms. The van der Waals surface area contributed by atoms with E-state index in [0.717, 1.165) is 23.0 Å². The van der Waals surface area contributed by atoms with Crippen molar-refractivity contribution in [2.75, 3.05) is 33.6 Å². The van der Waals surface area contributed by atoms with Crippen LogP contribution in [0.5, 0.6) is 0 Å². The largest absolute Gasteiger partial charge is 0.418 e. The van der Waals surface area contributed by atoms with E-state index in [1.807, 2.05) is 61.5 Å². The minimum atomic E-state index is -4.48. The highest BCUT2D eigenvalue weighted by atomic mass is 35.5.